The standard InChI is InChI=1S/C22H39NO4S.C9H15NO3S/c1-3-4-5-6-7-8-9-10-11-12-15-20(24)28-17-18(2)21(25)23-16-13-14-19(23)22(26)27;1-6(5-14)8(11)10-4-2-3-7(10)9(12)13/h18-19H,3-17H2,1-2H3,(H,26,27);6-7,14H,2-5H2,1H3,(H,12,13)/t18-,19+;6-,7+/m11/s1. The Morgan fingerprint density at radius 3 is 1.60 bits per heavy atom. The number of aliphatic carboxylic acids is 2. The molecule has 0 aromatic carbocycles. The fourth-order valence-electron chi connectivity index (χ4n) is 5.34. The number of hydrogen-bond acceptors (Lipinski definition) is 7. The number of thiol groups is 1. The van der Waals surface area contributed by atoms with Crippen LogP contribution >= 0.6 is 24.4 Å². The van der Waals surface area contributed by atoms with Crippen molar-refractivity contribution in [2.24, 2.45) is 11.8 Å². The van der Waals surface area contributed by atoms with E-state index in [4.69, 9.17) is 5.11 Å². The number of rotatable bonds is 18. The first-order valence-corrected chi connectivity index (χ1v) is 17.5. The first-order chi connectivity index (χ1) is 20.0. The van der Waals surface area contributed by atoms with Crippen LogP contribution in [0.15, 0.2) is 0 Å². The van der Waals surface area contributed by atoms with E-state index in [0.717, 1.165) is 25.7 Å². The van der Waals surface area contributed by atoms with E-state index < -0.39 is 24.0 Å². The second kappa shape index (κ2) is 21.9. The SMILES string of the molecule is CCCCCCCCCCCCC(=O)SC[C@@H](C)C(=O)N1CCC[C@H]1C(=O)O.C[C@H](CS)C(=O)N1CCC[C@H]1C(=O)O. The van der Waals surface area contributed by atoms with E-state index in [2.05, 4.69) is 19.6 Å². The Morgan fingerprint density at radius 1 is 0.738 bits per heavy atom. The molecule has 2 amide bonds. The maximum absolute atomic E-state index is 12.5. The summed E-state index contributed by atoms with van der Waals surface area (Å²) in [5, 5.41) is 18.2. The van der Waals surface area contributed by atoms with Gasteiger partial charge in [-0.25, -0.2) is 9.59 Å². The number of carboxylic acid groups (broad SMARTS) is 2. The first kappa shape index (κ1) is 38.3. The molecule has 2 saturated heterocycles. The maximum atomic E-state index is 12.5. The smallest absolute Gasteiger partial charge is 0.326 e. The Labute approximate surface area is 262 Å². The van der Waals surface area contributed by atoms with Gasteiger partial charge in [-0.2, -0.15) is 12.6 Å². The van der Waals surface area contributed by atoms with Crippen LogP contribution in [0.3, 0.4) is 0 Å². The van der Waals surface area contributed by atoms with Crippen molar-refractivity contribution in [2.75, 3.05) is 24.6 Å². The molecule has 2 rings (SSSR count). The van der Waals surface area contributed by atoms with Crippen LogP contribution in [0.2, 0.25) is 0 Å². The van der Waals surface area contributed by atoms with E-state index >= 15 is 0 Å². The van der Waals surface area contributed by atoms with Gasteiger partial charge in [0.15, 0.2) is 5.12 Å². The fourth-order valence-corrected chi connectivity index (χ4v) is 6.36. The molecular formula is C31H54N2O7S2. The quantitative estimate of drug-likeness (QED) is 0.126. The maximum Gasteiger partial charge on any atom is 0.326 e. The molecule has 0 aromatic rings. The number of carboxylic acids is 2. The zero-order valence-corrected chi connectivity index (χ0v) is 27.6. The lowest BCUT2D eigenvalue weighted by Crippen LogP contribution is -2.43. The molecule has 9 nitrogen and oxygen atoms in total. The van der Waals surface area contributed by atoms with Crippen LogP contribution in [0.4, 0.5) is 0 Å². The molecule has 0 unspecified atom stereocenters. The van der Waals surface area contributed by atoms with E-state index in [-0.39, 0.29) is 28.8 Å². The number of unbranched alkanes of at least 4 members (excludes halogenated alkanes) is 9. The van der Waals surface area contributed by atoms with E-state index in [0.29, 0.717) is 43.9 Å². The van der Waals surface area contributed by atoms with Gasteiger partial charge in [0.2, 0.25) is 11.8 Å². The van der Waals surface area contributed by atoms with Crippen molar-refractivity contribution in [1.82, 2.24) is 9.80 Å². The summed E-state index contributed by atoms with van der Waals surface area (Å²) in [6.45, 7) is 6.87. The second-order valence-corrected chi connectivity index (χ2v) is 13.1. The lowest BCUT2D eigenvalue weighted by atomic mass is 10.1. The number of thioether (sulfide) groups is 1. The molecule has 0 spiro atoms. The average Bonchev–Trinajstić information content (AvgIpc) is 3.67. The van der Waals surface area contributed by atoms with Crippen LogP contribution in [-0.4, -0.2) is 85.6 Å². The molecule has 4 atom stereocenters. The highest BCUT2D eigenvalue weighted by Crippen LogP contribution is 2.23. The van der Waals surface area contributed by atoms with Gasteiger partial charge in [0.1, 0.15) is 12.1 Å². The normalized spacial score (nSPS) is 19.6. The van der Waals surface area contributed by atoms with Crippen molar-refractivity contribution in [3.63, 3.8) is 0 Å². The number of carbonyl (C=O) groups excluding carboxylic acids is 3. The molecular weight excluding hydrogens is 576 g/mol. The highest BCUT2D eigenvalue weighted by atomic mass is 32.2. The van der Waals surface area contributed by atoms with Crippen molar-refractivity contribution in [2.45, 2.75) is 129 Å². The summed E-state index contributed by atoms with van der Waals surface area (Å²) in [7, 11) is 0. The molecule has 0 aliphatic carbocycles. The topological polar surface area (TPSA) is 132 Å². The van der Waals surface area contributed by atoms with Crippen LogP contribution < -0.4 is 0 Å². The van der Waals surface area contributed by atoms with Crippen LogP contribution in [0.5, 0.6) is 0 Å². The highest BCUT2D eigenvalue weighted by molar-refractivity contribution is 8.13. The summed E-state index contributed by atoms with van der Waals surface area (Å²) >= 11 is 5.26. The number of likely N-dealkylation sites (tertiary alicyclic amines) is 2. The van der Waals surface area contributed by atoms with Crippen molar-refractivity contribution in [1.29, 1.82) is 0 Å². The van der Waals surface area contributed by atoms with Gasteiger partial charge in [-0.15, -0.1) is 0 Å². The Balaban J connectivity index is 0.000000525. The van der Waals surface area contributed by atoms with Crippen molar-refractivity contribution in [3.05, 3.63) is 0 Å². The molecule has 0 saturated carbocycles. The molecule has 242 valence electrons. The zero-order chi connectivity index (χ0) is 31.5. The summed E-state index contributed by atoms with van der Waals surface area (Å²) < 4.78 is 0. The van der Waals surface area contributed by atoms with E-state index in [9.17, 15) is 29.1 Å². The summed E-state index contributed by atoms with van der Waals surface area (Å²) in [6, 6.07) is -1.31. The molecule has 2 aliphatic rings. The zero-order valence-electron chi connectivity index (χ0n) is 25.9. The minimum Gasteiger partial charge on any atom is -0.480 e. The van der Waals surface area contributed by atoms with Gasteiger partial charge in [-0.05, 0) is 32.1 Å². The molecule has 0 radical (unpaired) electrons. The van der Waals surface area contributed by atoms with E-state index in [1.165, 1.54) is 72.9 Å². The molecule has 2 fully saturated rings. The molecule has 42 heavy (non-hydrogen) atoms. The monoisotopic (exact) mass is 630 g/mol. The summed E-state index contributed by atoms with van der Waals surface area (Å²) in [4.78, 5) is 61.2. The van der Waals surface area contributed by atoms with Crippen LogP contribution in [-0.2, 0) is 24.0 Å². The lowest BCUT2D eigenvalue weighted by molar-refractivity contribution is -0.149. The summed E-state index contributed by atoms with van der Waals surface area (Å²) in [6.07, 6.45) is 15.7. The van der Waals surface area contributed by atoms with Gasteiger partial charge >= 0.3 is 11.9 Å². The van der Waals surface area contributed by atoms with Gasteiger partial charge in [-0.3, -0.25) is 14.4 Å². The van der Waals surface area contributed by atoms with Crippen LogP contribution in [0.1, 0.15) is 117 Å². The van der Waals surface area contributed by atoms with Gasteiger partial charge < -0.3 is 20.0 Å². The predicted molar refractivity (Wildman–Crippen MR) is 171 cm³/mol. The van der Waals surface area contributed by atoms with Crippen molar-refractivity contribution in [3.8, 4) is 0 Å². The fraction of sp³-hybridized carbons (Fsp3) is 0.839. The van der Waals surface area contributed by atoms with E-state index in [1.807, 2.05) is 0 Å². The Kier molecular flexibility index (Phi) is 19.9. The number of carbonyl (C=O) groups is 5. The lowest BCUT2D eigenvalue weighted by Gasteiger charge is -2.24. The average molecular weight is 631 g/mol. The van der Waals surface area contributed by atoms with Crippen molar-refractivity contribution >= 4 is 53.3 Å². The molecule has 2 N–H and O–H groups in total. The van der Waals surface area contributed by atoms with Gasteiger partial charge in [0, 0.05) is 42.9 Å². The Bertz CT molecular complexity index is 857. The minimum atomic E-state index is -0.928. The number of hydrogen-bond donors (Lipinski definition) is 3. The Hall–Kier alpha value is -1.75. The Morgan fingerprint density at radius 2 is 1.17 bits per heavy atom. The molecule has 11 heteroatoms. The number of amides is 2. The third kappa shape index (κ3) is 14.1. The predicted octanol–water partition coefficient (Wildman–Crippen LogP) is 5.90. The molecule has 0 bridgehead atoms. The van der Waals surface area contributed by atoms with Crippen LogP contribution in [0, 0.1) is 11.8 Å². The van der Waals surface area contributed by atoms with Gasteiger partial charge in [0.05, 0.1) is 0 Å². The van der Waals surface area contributed by atoms with Gasteiger partial charge in [-0.1, -0.05) is 90.3 Å². The number of nitrogens with zero attached hydrogens (tertiary/aromatic N) is 2. The minimum absolute atomic E-state index is 0.0927. The summed E-state index contributed by atoms with van der Waals surface area (Å²) in [5.74, 6) is -1.67. The molecule has 2 aliphatic heterocycles. The van der Waals surface area contributed by atoms with Crippen molar-refractivity contribution < 1.29 is 34.2 Å². The van der Waals surface area contributed by atoms with Crippen LogP contribution in [0.25, 0.3) is 0 Å². The largest absolute Gasteiger partial charge is 0.480 e. The molecule has 2 heterocycles. The highest BCUT2D eigenvalue weighted by Gasteiger charge is 2.36. The first-order valence-electron chi connectivity index (χ1n) is 15.9. The molecule has 0 aromatic heterocycles. The second-order valence-electron chi connectivity index (χ2n) is 11.7. The van der Waals surface area contributed by atoms with E-state index in [1.54, 1.807) is 13.8 Å². The third-order valence-corrected chi connectivity index (χ3v) is 9.73. The van der Waals surface area contributed by atoms with Gasteiger partial charge in [0.25, 0.3) is 0 Å². The summed E-state index contributed by atoms with van der Waals surface area (Å²) in [5.41, 5.74) is 0. The third-order valence-electron chi connectivity index (χ3n) is 7.99.